The molecule has 5 nitrogen and oxygen atoms in total. The molecule has 1 N–H and O–H groups in total. The second-order valence-corrected chi connectivity index (χ2v) is 3.98. The van der Waals surface area contributed by atoms with Crippen LogP contribution in [0.25, 0.3) is 0 Å². The van der Waals surface area contributed by atoms with E-state index in [4.69, 9.17) is 0 Å². The molecular formula is C11H23N3O2. The van der Waals surface area contributed by atoms with Crippen molar-refractivity contribution in [1.29, 1.82) is 0 Å². The molecule has 5 heteroatoms. The van der Waals surface area contributed by atoms with Crippen LogP contribution in [0.2, 0.25) is 0 Å². The first-order valence-electron chi connectivity index (χ1n) is 5.63. The lowest BCUT2D eigenvalue weighted by atomic mass is 10.3. The third-order valence-corrected chi connectivity index (χ3v) is 2.42. The molecule has 0 saturated heterocycles. The van der Waals surface area contributed by atoms with Gasteiger partial charge in [0.25, 0.3) is 0 Å². The third-order valence-electron chi connectivity index (χ3n) is 2.42. The van der Waals surface area contributed by atoms with Gasteiger partial charge in [-0.1, -0.05) is 0 Å². The van der Waals surface area contributed by atoms with E-state index in [9.17, 15) is 9.59 Å². The molecule has 0 aliphatic rings. The van der Waals surface area contributed by atoms with Crippen molar-refractivity contribution in [3.8, 4) is 0 Å². The lowest BCUT2D eigenvalue weighted by Gasteiger charge is -2.14. The lowest BCUT2D eigenvalue weighted by molar-refractivity contribution is -0.129. The molecule has 0 spiro atoms. The van der Waals surface area contributed by atoms with Crippen LogP contribution in [0, 0.1) is 0 Å². The van der Waals surface area contributed by atoms with Crippen molar-refractivity contribution in [2.45, 2.75) is 19.8 Å². The first-order valence-corrected chi connectivity index (χ1v) is 5.63. The summed E-state index contributed by atoms with van der Waals surface area (Å²) in [6, 6.07) is 0. The maximum absolute atomic E-state index is 11.4. The minimum absolute atomic E-state index is 0.0847. The first-order chi connectivity index (χ1) is 7.49. The van der Waals surface area contributed by atoms with E-state index >= 15 is 0 Å². The van der Waals surface area contributed by atoms with Gasteiger partial charge in [0.2, 0.25) is 11.8 Å². The SMILES string of the molecule is CCN(C)C(=O)CNCCCC(=O)N(C)C. The van der Waals surface area contributed by atoms with E-state index in [1.54, 1.807) is 30.9 Å². The number of carbonyl (C=O) groups excluding carboxylic acids is 2. The van der Waals surface area contributed by atoms with Crippen LogP contribution in [0.4, 0.5) is 0 Å². The van der Waals surface area contributed by atoms with Crippen molar-refractivity contribution in [1.82, 2.24) is 15.1 Å². The van der Waals surface area contributed by atoms with Crippen LogP contribution in [0.15, 0.2) is 0 Å². The van der Waals surface area contributed by atoms with E-state index in [0.717, 1.165) is 13.0 Å². The largest absolute Gasteiger partial charge is 0.349 e. The molecule has 0 radical (unpaired) electrons. The Kier molecular flexibility index (Phi) is 7.54. The second kappa shape index (κ2) is 8.10. The molecule has 0 bridgehead atoms. The Morgan fingerprint density at radius 1 is 1.12 bits per heavy atom. The van der Waals surface area contributed by atoms with Gasteiger partial charge in [-0.3, -0.25) is 9.59 Å². The summed E-state index contributed by atoms with van der Waals surface area (Å²) < 4.78 is 0. The van der Waals surface area contributed by atoms with Gasteiger partial charge in [0.15, 0.2) is 0 Å². The average molecular weight is 229 g/mol. The highest BCUT2D eigenvalue weighted by Gasteiger charge is 2.06. The van der Waals surface area contributed by atoms with E-state index in [1.165, 1.54) is 0 Å². The molecule has 0 aliphatic heterocycles. The van der Waals surface area contributed by atoms with Gasteiger partial charge in [0, 0.05) is 34.1 Å². The van der Waals surface area contributed by atoms with E-state index in [2.05, 4.69) is 5.32 Å². The zero-order valence-corrected chi connectivity index (χ0v) is 10.7. The summed E-state index contributed by atoms with van der Waals surface area (Å²) in [6.07, 6.45) is 1.29. The number of nitrogens with one attached hydrogen (secondary N) is 1. The molecule has 0 atom stereocenters. The Balaban J connectivity index is 3.47. The molecule has 0 fully saturated rings. The van der Waals surface area contributed by atoms with Gasteiger partial charge in [-0.25, -0.2) is 0 Å². The highest BCUT2D eigenvalue weighted by atomic mass is 16.2. The summed E-state index contributed by atoms with van der Waals surface area (Å²) in [7, 11) is 5.27. The molecule has 16 heavy (non-hydrogen) atoms. The Morgan fingerprint density at radius 2 is 1.75 bits per heavy atom. The van der Waals surface area contributed by atoms with Gasteiger partial charge in [-0.05, 0) is 19.9 Å². The van der Waals surface area contributed by atoms with Gasteiger partial charge >= 0.3 is 0 Å². The Labute approximate surface area is 97.8 Å². The summed E-state index contributed by atoms with van der Waals surface area (Å²) in [6.45, 7) is 3.71. The molecular weight excluding hydrogens is 206 g/mol. The molecule has 0 aromatic heterocycles. The van der Waals surface area contributed by atoms with E-state index in [0.29, 0.717) is 19.5 Å². The van der Waals surface area contributed by atoms with Gasteiger partial charge in [0.05, 0.1) is 6.54 Å². The summed E-state index contributed by atoms with van der Waals surface area (Å²) in [5, 5.41) is 3.03. The molecule has 0 aliphatic carbocycles. The highest BCUT2D eigenvalue weighted by Crippen LogP contribution is 1.91. The third kappa shape index (κ3) is 6.40. The number of rotatable bonds is 7. The zero-order valence-electron chi connectivity index (χ0n) is 10.7. The van der Waals surface area contributed by atoms with Crippen LogP contribution in [0.3, 0.4) is 0 Å². The average Bonchev–Trinajstić information content (AvgIpc) is 2.26. The van der Waals surface area contributed by atoms with Crippen LogP contribution in [-0.2, 0) is 9.59 Å². The summed E-state index contributed by atoms with van der Waals surface area (Å²) in [4.78, 5) is 25.8. The molecule has 0 rings (SSSR count). The van der Waals surface area contributed by atoms with Crippen LogP contribution in [0.1, 0.15) is 19.8 Å². The predicted octanol–water partition coefficient (Wildman–Crippen LogP) is -0.0773. The summed E-state index contributed by atoms with van der Waals surface area (Å²) >= 11 is 0. The Bertz CT molecular complexity index is 229. The van der Waals surface area contributed by atoms with E-state index in [-0.39, 0.29) is 11.8 Å². The van der Waals surface area contributed by atoms with Crippen molar-refractivity contribution in [3.05, 3.63) is 0 Å². The van der Waals surface area contributed by atoms with Crippen molar-refractivity contribution < 1.29 is 9.59 Å². The number of nitrogens with zero attached hydrogens (tertiary/aromatic N) is 2. The summed E-state index contributed by atoms with van der Waals surface area (Å²) in [5.41, 5.74) is 0. The second-order valence-electron chi connectivity index (χ2n) is 3.98. The predicted molar refractivity (Wildman–Crippen MR) is 64.1 cm³/mol. The van der Waals surface area contributed by atoms with Gasteiger partial charge in [-0.2, -0.15) is 0 Å². The first kappa shape index (κ1) is 14.9. The minimum atomic E-state index is 0.0847. The maximum Gasteiger partial charge on any atom is 0.236 e. The quantitative estimate of drug-likeness (QED) is 0.621. The highest BCUT2D eigenvalue weighted by molar-refractivity contribution is 5.78. The van der Waals surface area contributed by atoms with Crippen molar-refractivity contribution in [2.75, 3.05) is 40.8 Å². The molecule has 0 heterocycles. The van der Waals surface area contributed by atoms with Crippen LogP contribution < -0.4 is 5.32 Å². The smallest absolute Gasteiger partial charge is 0.236 e. The molecule has 0 saturated carbocycles. The summed E-state index contributed by atoms with van der Waals surface area (Å²) in [5.74, 6) is 0.209. The fraction of sp³-hybridized carbons (Fsp3) is 0.818. The van der Waals surface area contributed by atoms with Crippen LogP contribution >= 0.6 is 0 Å². The number of hydrogen-bond acceptors (Lipinski definition) is 3. The minimum Gasteiger partial charge on any atom is -0.349 e. The standard InChI is InChI=1S/C11H23N3O2/c1-5-14(4)11(16)9-12-8-6-7-10(15)13(2)3/h12H,5-9H2,1-4H3. The monoisotopic (exact) mass is 229 g/mol. The molecule has 0 aromatic carbocycles. The fourth-order valence-electron chi connectivity index (χ4n) is 1.09. The maximum atomic E-state index is 11.4. The zero-order chi connectivity index (χ0) is 12.6. The number of hydrogen-bond donors (Lipinski definition) is 1. The van der Waals surface area contributed by atoms with Crippen LogP contribution in [0.5, 0.6) is 0 Å². The molecule has 0 unspecified atom stereocenters. The van der Waals surface area contributed by atoms with E-state index < -0.39 is 0 Å². The van der Waals surface area contributed by atoms with E-state index in [1.807, 2.05) is 6.92 Å². The number of likely N-dealkylation sites (N-methyl/N-ethyl adjacent to an activating group) is 1. The van der Waals surface area contributed by atoms with Crippen molar-refractivity contribution in [2.24, 2.45) is 0 Å². The Hall–Kier alpha value is -1.10. The fourth-order valence-corrected chi connectivity index (χ4v) is 1.09. The molecule has 0 aromatic rings. The molecule has 94 valence electrons. The van der Waals surface area contributed by atoms with Crippen molar-refractivity contribution in [3.63, 3.8) is 0 Å². The topological polar surface area (TPSA) is 52.7 Å². The number of amides is 2. The lowest BCUT2D eigenvalue weighted by Crippen LogP contribution is -2.35. The van der Waals surface area contributed by atoms with Gasteiger partial charge in [0.1, 0.15) is 0 Å². The Morgan fingerprint density at radius 3 is 2.25 bits per heavy atom. The normalized spacial score (nSPS) is 10.0. The van der Waals surface area contributed by atoms with Crippen molar-refractivity contribution >= 4 is 11.8 Å². The van der Waals surface area contributed by atoms with Gasteiger partial charge in [-0.15, -0.1) is 0 Å². The van der Waals surface area contributed by atoms with Crippen LogP contribution in [-0.4, -0.2) is 62.4 Å². The number of carbonyl (C=O) groups is 2. The molecule has 2 amide bonds. The van der Waals surface area contributed by atoms with Gasteiger partial charge < -0.3 is 15.1 Å².